The summed E-state index contributed by atoms with van der Waals surface area (Å²) in [5, 5.41) is 2.53. The Morgan fingerprint density at radius 1 is 1.24 bits per heavy atom. The summed E-state index contributed by atoms with van der Waals surface area (Å²) < 4.78 is 44.7. The summed E-state index contributed by atoms with van der Waals surface area (Å²) in [6.45, 7) is 3.23. The van der Waals surface area contributed by atoms with Crippen LogP contribution in [-0.4, -0.2) is 48.5 Å². The van der Waals surface area contributed by atoms with Gasteiger partial charge in [0.05, 0.1) is 43.5 Å². The predicted molar refractivity (Wildman–Crippen MR) is 114 cm³/mol. The molecule has 2 amide bonds. The Labute approximate surface area is 193 Å². The number of rotatable bonds is 3. The minimum atomic E-state index is -1.72. The standard InChI is InChI=1S/C24H22F2N2O6/c1-4-33-22(30)19-14-10-34-18-6-5-11(32-3)7-13(18)20(14)28-21(29)12-8-15(25)16(26)9-17(12)27-23(31)24(19,28)2/h5-9,14,19-20H,4,10H2,1-3H3,(H,27,31)/t14?,19?,20?,24-/m1/s1. The third-order valence-corrected chi connectivity index (χ3v) is 6.94. The number of hydrogen-bond donors (Lipinski definition) is 1. The van der Waals surface area contributed by atoms with Crippen LogP contribution in [0.5, 0.6) is 11.5 Å². The lowest BCUT2D eigenvalue weighted by atomic mass is 9.77. The van der Waals surface area contributed by atoms with Gasteiger partial charge in [0.25, 0.3) is 11.8 Å². The van der Waals surface area contributed by atoms with Crippen LogP contribution in [0.25, 0.3) is 0 Å². The van der Waals surface area contributed by atoms with E-state index >= 15 is 0 Å². The molecule has 5 rings (SSSR count). The van der Waals surface area contributed by atoms with Crippen molar-refractivity contribution in [1.82, 2.24) is 4.90 Å². The normalized spacial score (nSPS) is 26.9. The van der Waals surface area contributed by atoms with Crippen LogP contribution in [0.3, 0.4) is 0 Å². The second-order valence-corrected chi connectivity index (χ2v) is 8.64. The Morgan fingerprint density at radius 3 is 2.68 bits per heavy atom. The van der Waals surface area contributed by atoms with Crippen LogP contribution < -0.4 is 14.8 Å². The van der Waals surface area contributed by atoms with E-state index in [1.807, 2.05) is 0 Å². The molecule has 1 saturated heterocycles. The molecule has 4 atom stereocenters. The molecule has 1 N–H and O–H groups in total. The minimum absolute atomic E-state index is 0.0464. The molecule has 10 heteroatoms. The highest BCUT2D eigenvalue weighted by atomic mass is 19.2. The molecule has 3 aliphatic rings. The molecular formula is C24H22F2N2O6. The number of halogens is 2. The van der Waals surface area contributed by atoms with E-state index in [1.54, 1.807) is 25.1 Å². The molecular weight excluding hydrogens is 450 g/mol. The predicted octanol–water partition coefficient (Wildman–Crippen LogP) is 3.07. The number of nitrogens with zero attached hydrogens (tertiary/aromatic N) is 1. The van der Waals surface area contributed by atoms with Crippen LogP contribution in [0, 0.1) is 23.5 Å². The SMILES string of the molecule is CCOC(=O)C1C2COc3ccc(OC)cc3C2N2C(=O)c3cc(F)c(F)cc3NC(=O)[C@@]12C. The fourth-order valence-corrected chi connectivity index (χ4v) is 5.42. The minimum Gasteiger partial charge on any atom is -0.497 e. The molecule has 3 unspecified atom stereocenters. The monoisotopic (exact) mass is 472 g/mol. The van der Waals surface area contributed by atoms with Gasteiger partial charge in [0, 0.05) is 17.5 Å². The van der Waals surface area contributed by atoms with E-state index in [0.29, 0.717) is 17.1 Å². The van der Waals surface area contributed by atoms with Crippen molar-refractivity contribution >= 4 is 23.5 Å². The number of benzene rings is 2. The van der Waals surface area contributed by atoms with Gasteiger partial charge in [-0.3, -0.25) is 14.4 Å². The third-order valence-electron chi connectivity index (χ3n) is 6.94. The highest BCUT2D eigenvalue weighted by molar-refractivity contribution is 6.13. The Balaban J connectivity index is 1.76. The van der Waals surface area contributed by atoms with E-state index < -0.39 is 52.8 Å². The van der Waals surface area contributed by atoms with Gasteiger partial charge in [-0.05, 0) is 38.1 Å². The highest BCUT2D eigenvalue weighted by Crippen LogP contribution is 2.57. The fraction of sp³-hybridized carbons (Fsp3) is 0.375. The molecule has 34 heavy (non-hydrogen) atoms. The number of esters is 1. The molecule has 0 radical (unpaired) electrons. The van der Waals surface area contributed by atoms with Crippen molar-refractivity contribution in [3.8, 4) is 11.5 Å². The van der Waals surface area contributed by atoms with Crippen LogP contribution in [0.4, 0.5) is 14.5 Å². The van der Waals surface area contributed by atoms with Crippen molar-refractivity contribution in [3.63, 3.8) is 0 Å². The van der Waals surface area contributed by atoms with Gasteiger partial charge in [-0.2, -0.15) is 0 Å². The van der Waals surface area contributed by atoms with Gasteiger partial charge in [0.1, 0.15) is 17.0 Å². The van der Waals surface area contributed by atoms with Gasteiger partial charge >= 0.3 is 5.97 Å². The molecule has 0 saturated carbocycles. The van der Waals surface area contributed by atoms with E-state index in [1.165, 1.54) is 18.9 Å². The van der Waals surface area contributed by atoms with Crippen molar-refractivity contribution < 1.29 is 37.4 Å². The van der Waals surface area contributed by atoms with Crippen LogP contribution >= 0.6 is 0 Å². The molecule has 178 valence electrons. The van der Waals surface area contributed by atoms with Crippen molar-refractivity contribution in [2.45, 2.75) is 25.4 Å². The Bertz CT molecular complexity index is 1230. The van der Waals surface area contributed by atoms with Crippen molar-refractivity contribution in [2.24, 2.45) is 11.8 Å². The van der Waals surface area contributed by atoms with Crippen LogP contribution in [0.2, 0.25) is 0 Å². The fourth-order valence-electron chi connectivity index (χ4n) is 5.42. The zero-order chi connectivity index (χ0) is 24.4. The van der Waals surface area contributed by atoms with E-state index in [9.17, 15) is 23.2 Å². The first kappa shape index (κ1) is 22.1. The van der Waals surface area contributed by atoms with Crippen LogP contribution in [0.15, 0.2) is 30.3 Å². The zero-order valence-corrected chi connectivity index (χ0v) is 18.7. The summed E-state index contributed by atoms with van der Waals surface area (Å²) >= 11 is 0. The summed E-state index contributed by atoms with van der Waals surface area (Å²) in [6, 6.07) is 5.81. The highest BCUT2D eigenvalue weighted by Gasteiger charge is 2.67. The number of fused-ring (bicyclic) bond motifs is 6. The number of hydrogen-bond acceptors (Lipinski definition) is 6. The van der Waals surface area contributed by atoms with E-state index in [4.69, 9.17) is 14.2 Å². The van der Waals surface area contributed by atoms with Crippen LogP contribution in [0.1, 0.15) is 35.8 Å². The topological polar surface area (TPSA) is 94.2 Å². The lowest BCUT2D eigenvalue weighted by Crippen LogP contribution is -2.57. The maximum Gasteiger partial charge on any atom is 0.312 e. The molecule has 3 aliphatic heterocycles. The lowest BCUT2D eigenvalue weighted by Gasteiger charge is -2.38. The maximum atomic E-state index is 14.2. The molecule has 0 aliphatic carbocycles. The van der Waals surface area contributed by atoms with Gasteiger partial charge in [0.2, 0.25) is 0 Å². The first-order valence-electron chi connectivity index (χ1n) is 10.8. The molecule has 1 fully saturated rings. The summed E-state index contributed by atoms with van der Waals surface area (Å²) in [5.74, 6) is -5.29. The molecule has 8 nitrogen and oxygen atoms in total. The number of methoxy groups -OCH3 is 1. The van der Waals surface area contributed by atoms with E-state index in [-0.39, 0.29) is 24.5 Å². The number of anilines is 1. The molecule has 2 aromatic rings. The number of nitrogens with one attached hydrogen (secondary N) is 1. The van der Waals surface area contributed by atoms with Crippen molar-refractivity contribution in [2.75, 3.05) is 25.6 Å². The molecule has 0 spiro atoms. The van der Waals surface area contributed by atoms with Crippen molar-refractivity contribution in [1.29, 1.82) is 0 Å². The smallest absolute Gasteiger partial charge is 0.312 e. The Hall–Kier alpha value is -3.69. The van der Waals surface area contributed by atoms with E-state index in [0.717, 1.165) is 12.1 Å². The average Bonchev–Trinajstić information content (AvgIpc) is 3.06. The van der Waals surface area contributed by atoms with Crippen LogP contribution in [-0.2, 0) is 14.3 Å². The second kappa shape index (κ2) is 7.68. The maximum absolute atomic E-state index is 14.2. The first-order valence-corrected chi connectivity index (χ1v) is 10.8. The largest absolute Gasteiger partial charge is 0.497 e. The molecule has 0 bridgehead atoms. The van der Waals surface area contributed by atoms with Gasteiger partial charge in [-0.25, -0.2) is 8.78 Å². The Morgan fingerprint density at radius 2 is 1.97 bits per heavy atom. The van der Waals surface area contributed by atoms with Crippen molar-refractivity contribution in [3.05, 3.63) is 53.1 Å². The molecule has 3 heterocycles. The van der Waals surface area contributed by atoms with Gasteiger partial charge in [0.15, 0.2) is 11.6 Å². The number of amides is 2. The summed E-state index contributed by atoms with van der Waals surface area (Å²) in [4.78, 5) is 42.0. The van der Waals surface area contributed by atoms with Gasteiger partial charge < -0.3 is 24.4 Å². The van der Waals surface area contributed by atoms with E-state index in [2.05, 4.69) is 5.32 Å². The quantitative estimate of drug-likeness (QED) is 0.691. The van der Waals surface area contributed by atoms with Gasteiger partial charge in [-0.1, -0.05) is 0 Å². The first-order chi connectivity index (χ1) is 16.2. The van der Waals surface area contributed by atoms with Gasteiger partial charge in [-0.15, -0.1) is 0 Å². The lowest BCUT2D eigenvalue weighted by molar-refractivity contribution is -0.155. The third kappa shape index (κ3) is 2.90. The zero-order valence-electron chi connectivity index (χ0n) is 18.7. The summed E-state index contributed by atoms with van der Waals surface area (Å²) in [6.07, 6.45) is 0. The molecule has 0 aromatic heterocycles. The summed E-state index contributed by atoms with van der Waals surface area (Å²) in [7, 11) is 1.49. The summed E-state index contributed by atoms with van der Waals surface area (Å²) in [5.41, 5.74) is -1.56. The number of carbonyl (C=O) groups is 3. The second-order valence-electron chi connectivity index (χ2n) is 8.64. The average molecular weight is 472 g/mol. The number of ether oxygens (including phenoxy) is 3. The Kier molecular flexibility index (Phi) is 5.00. The molecule has 2 aromatic carbocycles. The number of carbonyl (C=O) groups excluding carboxylic acids is 3.